The normalized spacial score (nSPS) is 17.9. The average Bonchev–Trinajstić information content (AvgIpc) is 2.53. The lowest BCUT2D eigenvalue weighted by molar-refractivity contribution is -0.238. The second-order valence-corrected chi connectivity index (χ2v) is 7.47. The molecule has 0 bridgehead atoms. The van der Waals surface area contributed by atoms with Crippen molar-refractivity contribution in [3.8, 4) is 0 Å². The van der Waals surface area contributed by atoms with Gasteiger partial charge in [-0.3, -0.25) is 14.4 Å². The molecule has 0 radical (unpaired) electrons. The fourth-order valence-electron chi connectivity index (χ4n) is 2.75. The first-order chi connectivity index (χ1) is 12.6. The fourth-order valence-corrected chi connectivity index (χ4v) is 3.07. The Morgan fingerprint density at radius 2 is 1.85 bits per heavy atom. The maximum absolute atomic E-state index is 13.0. The predicted molar refractivity (Wildman–Crippen MR) is 100 cm³/mol. The topological polar surface area (TPSA) is 90.0 Å². The van der Waals surface area contributed by atoms with E-state index in [1.54, 1.807) is 18.2 Å². The van der Waals surface area contributed by atoms with Crippen molar-refractivity contribution < 1.29 is 28.7 Å². The van der Waals surface area contributed by atoms with Gasteiger partial charge in [-0.2, -0.15) is 0 Å². The monoisotopic (exact) mass is 413 g/mol. The van der Waals surface area contributed by atoms with Crippen LogP contribution >= 0.6 is 23.2 Å². The number of likely N-dealkylation sites (N-methyl/N-ethyl adjacent to an activating group) is 1. The maximum atomic E-state index is 13.0. The van der Waals surface area contributed by atoms with Crippen LogP contribution < -0.4 is 0 Å². The van der Waals surface area contributed by atoms with Crippen molar-refractivity contribution in [3.63, 3.8) is 0 Å². The van der Waals surface area contributed by atoms with Gasteiger partial charge in [-0.05, 0) is 31.2 Å². The van der Waals surface area contributed by atoms with Gasteiger partial charge in [0.15, 0.2) is 5.78 Å². The standard InChI is InChI=1S/C17H18BCl2NO6/c1-17(2)26-15(24)13(16(25)27-17)14(23)12(21(3)18-8-22)7-9-4-5-10(19)11(20)6-9/h4-6,8,12-13,18H,7H2,1-3H3/t12-/m1/s1. The van der Waals surface area contributed by atoms with Crippen LogP contribution in [0.3, 0.4) is 0 Å². The van der Waals surface area contributed by atoms with Gasteiger partial charge in [0.2, 0.25) is 5.92 Å². The number of Topliss-reactive ketones (excluding diaryl/α,β-unsaturated/α-hetero) is 1. The second kappa shape index (κ2) is 8.41. The van der Waals surface area contributed by atoms with Crippen molar-refractivity contribution in [2.24, 2.45) is 5.92 Å². The van der Waals surface area contributed by atoms with Crippen LogP contribution in [-0.4, -0.2) is 55.0 Å². The molecule has 0 spiro atoms. The van der Waals surface area contributed by atoms with Gasteiger partial charge < -0.3 is 19.1 Å². The zero-order valence-electron chi connectivity index (χ0n) is 15.0. The van der Waals surface area contributed by atoms with Crippen molar-refractivity contribution in [3.05, 3.63) is 33.8 Å². The summed E-state index contributed by atoms with van der Waals surface area (Å²) >= 11 is 11.9. The minimum Gasteiger partial charge on any atom is -0.422 e. The number of esters is 2. The molecule has 1 heterocycles. The SMILES string of the molecule is CN(BC=O)[C@H](Cc1ccc(Cl)c(Cl)c1)C(=O)C1C(=O)OC(C)(C)OC1=O. The first kappa shape index (κ1) is 21.4. The summed E-state index contributed by atoms with van der Waals surface area (Å²) in [5.74, 6) is -5.80. The molecule has 10 heteroatoms. The van der Waals surface area contributed by atoms with Crippen molar-refractivity contribution in [2.45, 2.75) is 32.1 Å². The average molecular weight is 414 g/mol. The van der Waals surface area contributed by atoms with Gasteiger partial charge in [-0.15, -0.1) is 0 Å². The molecule has 1 atom stereocenters. The quantitative estimate of drug-likeness (QED) is 0.289. The highest BCUT2D eigenvalue weighted by molar-refractivity contribution is 6.64. The molecule has 0 aliphatic carbocycles. The molecule has 1 aliphatic heterocycles. The number of ether oxygens (including phenoxy) is 2. The summed E-state index contributed by atoms with van der Waals surface area (Å²) in [6.07, 6.45) is 0.732. The summed E-state index contributed by atoms with van der Waals surface area (Å²) in [6, 6.07) is 3.88. The van der Waals surface area contributed by atoms with Gasteiger partial charge in [-0.25, -0.2) is 0 Å². The number of carbonyl (C=O) groups is 4. The molecule has 1 saturated heterocycles. The number of hydrogen-bond acceptors (Lipinski definition) is 7. The Morgan fingerprint density at radius 1 is 1.26 bits per heavy atom. The number of cyclic esters (lactones) is 2. The summed E-state index contributed by atoms with van der Waals surface area (Å²) in [5.41, 5.74) is 0.651. The molecule has 1 aromatic carbocycles. The summed E-state index contributed by atoms with van der Waals surface area (Å²) in [4.78, 5) is 49.8. The molecular weight excluding hydrogens is 396 g/mol. The number of carbonyl (C=O) groups excluding carboxylic acids is 4. The Kier molecular flexibility index (Phi) is 6.67. The molecule has 7 nitrogen and oxygen atoms in total. The zero-order valence-corrected chi connectivity index (χ0v) is 16.5. The molecule has 0 unspecified atom stereocenters. The molecule has 1 fully saturated rings. The van der Waals surface area contributed by atoms with Crippen LogP contribution in [0, 0.1) is 5.92 Å². The summed E-state index contributed by atoms with van der Waals surface area (Å²) in [5, 5.41) is 0.655. The zero-order chi connectivity index (χ0) is 20.4. The number of ketones is 1. The number of halogens is 2. The molecule has 0 amide bonds. The van der Waals surface area contributed by atoms with E-state index in [9.17, 15) is 19.2 Å². The first-order valence-electron chi connectivity index (χ1n) is 8.13. The number of benzene rings is 1. The van der Waals surface area contributed by atoms with Crippen LogP contribution in [-0.2, 0) is 35.1 Å². The fraction of sp³-hybridized carbons (Fsp3) is 0.412. The molecule has 0 N–H and O–H groups in total. The van der Waals surface area contributed by atoms with Gasteiger partial charge in [0.05, 0.1) is 22.3 Å². The number of rotatable bonds is 7. The van der Waals surface area contributed by atoms with Crippen molar-refractivity contribution in [2.75, 3.05) is 7.05 Å². The van der Waals surface area contributed by atoms with E-state index in [-0.39, 0.29) is 13.8 Å². The number of hydrogen-bond donors (Lipinski definition) is 0. The Morgan fingerprint density at radius 3 is 2.37 bits per heavy atom. The largest absolute Gasteiger partial charge is 0.422 e. The molecular formula is C17H18BCl2NO6. The van der Waals surface area contributed by atoms with Crippen LogP contribution in [0.15, 0.2) is 18.2 Å². The molecule has 1 aliphatic rings. The van der Waals surface area contributed by atoms with Crippen LogP contribution in [0.4, 0.5) is 0 Å². The Hall–Kier alpha value is -1.90. The Labute approximate surface area is 167 Å². The highest BCUT2D eigenvalue weighted by atomic mass is 35.5. The molecule has 1 aromatic rings. The van der Waals surface area contributed by atoms with Crippen molar-refractivity contribution in [1.29, 1.82) is 0 Å². The molecule has 2 rings (SSSR count). The molecule has 0 saturated carbocycles. The number of nitrogens with zero attached hydrogens (tertiary/aromatic N) is 1. The van der Waals surface area contributed by atoms with E-state index in [2.05, 4.69) is 0 Å². The lowest BCUT2D eigenvalue weighted by Crippen LogP contribution is -2.54. The van der Waals surface area contributed by atoms with E-state index < -0.39 is 35.5 Å². The summed E-state index contributed by atoms with van der Waals surface area (Å²) < 4.78 is 10.0. The molecule has 0 aromatic heterocycles. The second-order valence-electron chi connectivity index (χ2n) is 6.65. The predicted octanol–water partition coefficient (Wildman–Crippen LogP) is 1.40. The van der Waals surface area contributed by atoms with Gasteiger partial charge in [0.25, 0.3) is 13.2 Å². The van der Waals surface area contributed by atoms with E-state index in [0.717, 1.165) is 0 Å². The van der Waals surface area contributed by atoms with E-state index in [1.165, 1.54) is 25.7 Å². The molecule has 144 valence electrons. The van der Waals surface area contributed by atoms with Gasteiger partial charge in [0, 0.05) is 13.8 Å². The summed E-state index contributed by atoms with van der Waals surface area (Å²) in [7, 11) is 1.47. The minimum atomic E-state index is -1.71. The highest BCUT2D eigenvalue weighted by Crippen LogP contribution is 2.27. The summed E-state index contributed by atoms with van der Waals surface area (Å²) in [6.45, 7) is 2.80. The Bertz CT molecular complexity index is 765. The third-order valence-electron chi connectivity index (χ3n) is 4.08. The van der Waals surface area contributed by atoms with Crippen molar-refractivity contribution in [1.82, 2.24) is 4.81 Å². The van der Waals surface area contributed by atoms with Gasteiger partial charge in [0.1, 0.15) is 0 Å². The van der Waals surface area contributed by atoms with E-state index in [0.29, 0.717) is 21.8 Å². The Balaban J connectivity index is 2.31. The highest BCUT2D eigenvalue weighted by Gasteiger charge is 2.49. The van der Waals surface area contributed by atoms with E-state index in [1.807, 2.05) is 0 Å². The van der Waals surface area contributed by atoms with Crippen LogP contribution in [0.2, 0.25) is 10.0 Å². The van der Waals surface area contributed by atoms with Crippen molar-refractivity contribution >= 4 is 54.5 Å². The minimum absolute atomic E-state index is 0.0694. The van der Waals surface area contributed by atoms with Crippen LogP contribution in [0.25, 0.3) is 0 Å². The maximum Gasteiger partial charge on any atom is 0.331 e. The third-order valence-corrected chi connectivity index (χ3v) is 4.82. The smallest absolute Gasteiger partial charge is 0.331 e. The lowest BCUT2D eigenvalue weighted by atomic mass is 9.85. The molecule has 27 heavy (non-hydrogen) atoms. The lowest BCUT2D eigenvalue weighted by Gasteiger charge is -2.34. The first-order valence-corrected chi connectivity index (χ1v) is 8.88. The van der Waals surface area contributed by atoms with Crippen LogP contribution in [0.5, 0.6) is 0 Å². The van der Waals surface area contributed by atoms with Gasteiger partial charge in [-0.1, -0.05) is 29.3 Å². The van der Waals surface area contributed by atoms with E-state index >= 15 is 0 Å². The van der Waals surface area contributed by atoms with Gasteiger partial charge >= 0.3 is 11.9 Å². The third kappa shape index (κ3) is 5.09. The van der Waals surface area contributed by atoms with E-state index in [4.69, 9.17) is 32.7 Å². The van der Waals surface area contributed by atoms with Crippen LogP contribution in [0.1, 0.15) is 19.4 Å².